The summed E-state index contributed by atoms with van der Waals surface area (Å²) in [6, 6.07) is 19.2. The molecule has 0 aliphatic rings. The van der Waals surface area contributed by atoms with Gasteiger partial charge < -0.3 is 10.2 Å². The minimum absolute atomic E-state index is 0.00697. The number of nitrogens with one attached hydrogen (secondary N) is 1. The Morgan fingerprint density at radius 1 is 0.976 bits per heavy atom. The second kappa shape index (κ2) is 13.9. The summed E-state index contributed by atoms with van der Waals surface area (Å²) in [5.41, 5.74) is 0.298. The second-order valence-electron chi connectivity index (χ2n) is 9.42. The zero-order valence-electron chi connectivity index (χ0n) is 22.6. The normalized spacial score (nSPS) is 12.4. The van der Waals surface area contributed by atoms with Crippen LogP contribution in [0, 0.1) is 0 Å². The first kappa shape index (κ1) is 32.0. The maximum Gasteiger partial charge on any atom is 0.416 e. The van der Waals surface area contributed by atoms with Crippen LogP contribution in [-0.4, -0.2) is 51.0 Å². The molecule has 7 nitrogen and oxygen atoms in total. The van der Waals surface area contributed by atoms with E-state index >= 15 is 0 Å². The highest BCUT2D eigenvalue weighted by atomic mass is 35.5. The summed E-state index contributed by atoms with van der Waals surface area (Å²) < 4.78 is 65.6. The molecule has 0 fully saturated rings. The van der Waals surface area contributed by atoms with E-state index in [2.05, 4.69) is 5.32 Å². The summed E-state index contributed by atoms with van der Waals surface area (Å²) in [5, 5.41) is 3.02. The molecule has 0 bridgehead atoms. The number of alkyl halides is 3. The van der Waals surface area contributed by atoms with Crippen molar-refractivity contribution in [1.82, 2.24) is 10.2 Å². The van der Waals surface area contributed by atoms with Gasteiger partial charge in [-0.3, -0.25) is 13.9 Å². The monoisotopic (exact) mass is 609 g/mol. The number of carbonyl (C=O) groups is 2. The largest absolute Gasteiger partial charge is 0.416 e. The van der Waals surface area contributed by atoms with Gasteiger partial charge in [-0.2, -0.15) is 13.2 Å². The van der Waals surface area contributed by atoms with Crippen molar-refractivity contribution < 1.29 is 31.2 Å². The molecule has 0 saturated carbocycles. The van der Waals surface area contributed by atoms with Gasteiger partial charge in [0.2, 0.25) is 21.8 Å². The average molecular weight is 610 g/mol. The zero-order valence-corrected chi connectivity index (χ0v) is 24.1. The quantitative estimate of drug-likeness (QED) is 0.302. The van der Waals surface area contributed by atoms with E-state index in [0.29, 0.717) is 10.6 Å². The first-order valence-corrected chi connectivity index (χ1v) is 15.0. The molecule has 0 saturated heterocycles. The molecule has 0 radical (unpaired) electrons. The first-order valence-electron chi connectivity index (χ1n) is 12.7. The van der Waals surface area contributed by atoms with E-state index in [1.807, 2.05) is 30.3 Å². The molecule has 3 aromatic rings. The fourth-order valence-electron chi connectivity index (χ4n) is 4.37. The van der Waals surface area contributed by atoms with E-state index < -0.39 is 39.6 Å². The Balaban J connectivity index is 1.87. The molecule has 0 aliphatic carbocycles. The first-order chi connectivity index (χ1) is 19.3. The summed E-state index contributed by atoms with van der Waals surface area (Å²) in [5.74, 6) is -0.831. The van der Waals surface area contributed by atoms with Gasteiger partial charge in [0, 0.05) is 38.0 Å². The van der Waals surface area contributed by atoms with E-state index in [4.69, 9.17) is 11.6 Å². The minimum Gasteiger partial charge on any atom is -0.357 e. The topological polar surface area (TPSA) is 86.8 Å². The van der Waals surface area contributed by atoms with Crippen LogP contribution in [0.15, 0.2) is 78.9 Å². The van der Waals surface area contributed by atoms with Crippen LogP contribution in [0.25, 0.3) is 0 Å². The van der Waals surface area contributed by atoms with Gasteiger partial charge in [0.1, 0.15) is 6.04 Å². The maximum atomic E-state index is 13.7. The molecule has 220 valence electrons. The molecule has 1 N–H and O–H groups in total. The second-order valence-corrected chi connectivity index (χ2v) is 11.7. The maximum absolute atomic E-state index is 13.7. The molecule has 0 aliphatic heterocycles. The molecule has 41 heavy (non-hydrogen) atoms. The number of amides is 2. The summed E-state index contributed by atoms with van der Waals surface area (Å²) in [6.07, 6.45) is -3.72. The fraction of sp³-hybridized carbons (Fsp3) is 0.310. The van der Waals surface area contributed by atoms with Gasteiger partial charge in [0.15, 0.2) is 0 Å². The number of carbonyl (C=O) groups excluding carboxylic acids is 2. The van der Waals surface area contributed by atoms with Crippen molar-refractivity contribution in [2.24, 2.45) is 0 Å². The van der Waals surface area contributed by atoms with Crippen molar-refractivity contribution in [3.8, 4) is 0 Å². The molecule has 0 spiro atoms. The van der Waals surface area contributed by atoms with Crippen LogP contribution in [0.1, 0.15) is 29.5 Å². The van der Waals surface area contributed by atoms with Crippen molar-refractivity contribution >= 4 is 39.1 Å². The van der Waals surface area contributed by atoms with E-state index in [1.165, 1.54) is 18.0 Å². The number of rotatable bonds is 12. The molecule has 3 rings (SSSR count). The number of hydrogen-bond donors (Lipinski definition) is 1. The number of likely N-dealkylation sites (N-methyl/N-ethyl adjacent to an activating group) is 1. The SMILES string of the molecule is CNC(=O)[C@@H](Cc1ccccc1)N(Cc1ccccc1Cl)C(=O)CCCN(c1cccc(C(F)(F)F)c1)S(C)(=O)=O. The average Bonchev–Trinajstić information content (AvgIpc) is 2.93. The van der Waals surface area contributed by atoms with E-state index in [-0.39, 0.29) is 38.0 Å². The number of sulfonamides is 1. The van der Waals surface area contributed by atoms with Crippen LogP contribution in [-0.2, 0) is 38.8 Å². The van der Waals surface area contributed by atoms with Crippen LogP contribution >= 0.6 is 11.6 Å². The van der Waals surface area contributed by atoms with Gasteiger partial charge >= 0.3 is 6.18 Å². The van der Waals surface area contributed by atoms with Crippen molar-refractivity contribution in [3.05, 3.63) is 101 Å². The van der Waals surface area contributed by atoms with Crippen LogP contribution < -0.4 is 9.62 Å². The van der Waals surface area contributed by atoms with Crippen LogP contribution in [0.3, 0.4) is 0 Å². The lowest BCUT2D eigenvalue weighted by Gasteiger charge is -2.32. The van der Waals surface area contributed by atoms with Crippen molar-refractivity contribution in [2.75, 3.05) is 24.2 Å². The molecule has 2 amide bonds. The highest BCUT2D eigenvalue weighted by Gasteiger charge is 2.32. The van der Waals surface area contributed by atoms with Crippen LogP contribution in [0.5, 0.6) is 0 Å². The summed E-state index contributed by atoms with van der Waals surface area (Å²) >= 11 is 6.37. The standard InChI is InChI=1S/C29H31ClF3N3O4S/c1-34-28(38)26(18-21-10-4-3-5-11-21)35(20-22-12-6-7-15-25(22)30)27(37)16-9-17-36(41(2,39)40)24-14-8-13-23(19-24)29(31,32)33/h3-8,10-15,19,26H,9,16-18,20H2,1-2H3,(H,34,38)/t26-/m1/s1. The Morgan fingerprint density at radius 2 is 1.63 bits per heavy atom. The summed E-state index contributed by atoms with van der Waals surface area (Å²) in [7, 11) is -2.50. The summed E-state index contributed by atoms with van der Waals surface area (Å²) in [6.45, 7) is -0.220. The lowest BCUT2D eigenvalue weighted by molar-refractivity contribution is -0.141. The van der Waals surface area contributed by atoms with Crippen molar-refractivity contribution in [3.63, 3.8) is 0 Å². The van der Waals surface area contributed by atoms with Crippen molar-refractivity contribution in [1.29, 1.82) is 0 Å². The molecule has 3 aromatic carbocycles. The third kappa shape index (κ3) is 8.96. The Kier molecular flexibility index (Phi) is 10.8. The van der Waals surface area contributed by atoms with E-state index in [9.17, 15) is 31.2 Å². The van der Waals surface area contributed by atoms with Crippen LogP contribution in [0.2, 0.25) is 5.02 Å². The molecule has 0 aromatic heterocycles. The molecule has 0 unspecified atom stereocenters. The number of anilines is 1. The Hall–Kier alpha value is -3.57. The predicted molar refractivity (Wildman–Crippen MR) is 153 cm³/mol. The zero-order chi connectivity index (χ0) is 30.2. The molecule has 12 heteroatoms. The minimum atomic E-state index is -4.65. The lowest BCUT2D eigenvalue weighted by atomic mass is 10.0. The van der Waals surface area contributed by atoms with Gasteiger partial charge in [-0.15, -0.1) is 0 Å². The molecule has 0 heterocycles. The highest BCUT2D eigenvalue weighted by Crippen LogP contribution is 2.32. The van der Waals surface area contributed by atoms with E-state index in [0.717, 1.165) is 34.3 Å². The third-order valence-electron chi connectivity index (χ3n) is 6.43. The van der Waals surface area contributed by atoms with Crippen molar-refractivity contribution in [2.45, 2.75) is 38.0 Å². The number of nitrogens with zero attached hydrogens (tertiary/aromatic N) is 2. The predicted octanol–water partition coefficient (Wildman–Crippen LogP) is 5.29. The molecular formula is C29H31ClF3N3O4S. The Labute approximate surface area is 243 Å². The van der Waals surface area contributed by atoms with Crippen LogP contribution in [0.4, 0.5) is 18.9 Å². The Bertz CT molecular complexity index is 1450. The number of hydrogen-bond acceptors (Lipinski definition) is 4. The molecular weight excluding hydrogens is 579 g/mol. The number of halogens is 4. The molecule has 1 atom stereocenters. The Morgan fingerprint density at radius 3 is 2.24 bits per heavy atom. The third-order valence-corrected chi connectivity index (χ3v) is 7.99. The number of benzene rings is 3. The fourth-order valence-corrected chi connectivity index (χ4v) is 5.52. The summed E-state index contributed by atoms with van der Waals surface area (Å²) in [4.78, 5) is 28.1. The van der Waals surface area contributed by atoms with Gasteiger partial charge in [-0.05, 0) is 41.8 Å². The van der Waals surface area contributed by atoms with Gasteiger partial charge in [0.25, 0.3) is 0 Å². The smallest absolute Gasteiger partial charge is 0.357 e. The van der Waals surface area contributed by atoms with E-state index in [1.54, 1.807) is 24.3 Å². The lowest BCUT2D eigenvalue weighted by Crippen LogP contribution is -2.49. The van der Waals surface area contributed by atoms with Gasteiger partial charge in [0.05, 0.1) is 17.5 Å². The highest BCUT2D eigenvalue weighted by molar-refractivity contribution is 7.92. The van der Waals surface area contributed by atoms with Gasteiger partial charge in [-0.1, -0.05) is 66.2 Å². The van der Waals surface area contributed by atoms with Gasteiger partial charge in [-0.25, -0.2) is 8.42 Å².